The minimum Gasteiger partial charge on any atom is -0.382 e. The molecule has 4 rings (SSSR count). The Bertz CT molecular complexity index is 1370. The molecule has 13 heteroatoms. The van der Waals surface area contributed by atoms with E-state index in [4.69, 9.17) is 5.73 Å². The van der Waals surface area contributed by atoms with Gasteiger partial charge in [-0.2, -0.15) is 18.3 Å². The van der Waals surface area contributed by atoms with Crippen LogP contribution in [0.4, 0.5) is 33.5 Å². The maximum absolute atomic E-state index is 14.8. The van der Waals surface area contributed by atoms with Crippen LogP contribution in [0.1, 0.15) is 17.2 Å². The largest absolute Gasteiger partial charge is 0.416 e. The van der Waals surface area contributed by atoms with E-state index in [-0.39, 0.29) is 28.1 Å². The standard InChI is InChI=1S/C20H13F5N6O2/c21-11-6-15(31-16-14(7-29-31)27-8-28-18(16)26)12(22)5-13(11)30-19(33)17(32)9-2-1-3-10(4-9)20(23,24)25/h1-8,17,32H,(H,30,33)(H2,26,27,28)/t17-/m1/s1. The van der Waals surface area contributed by atoms with Gasteiger partial charge in [-0.1, -0.05) is 12.1 Å². The van der Waals surface area contributed by atoms with E-state index in [1.807, 2.05) is 5.32 Å². The average Bonchev–Trinajstić information content (AvgIpc) is 3.20. The van der Waals surface area contributed by atoms with Gasteiger partial charge >= 0.3 is 6.18 Å². The number of carbonyl (C=O) groups is 1. The molecule has 2 heterocycles. The van der Waals surface area contributed by atoms with Crippen LogP contribution >= 0.6 is 0 Å². The molecule has 0 bridgehead atoms. The molecule has 0 radical (unpaired) electrons. The van der Waals surface area contributed by atoms with Gasteiger partial charge < -0.3 is 16.2 Å². The summed E-state index contributed by atoms with van der Waals surface area (Å²) in [5, 5.41) is 16.0. The average molecular weight is 464 g/mol. The molecule has 4 N–H and O–H groups in total. The molecule has 1 amide bonds. The number of anilines is 2. The summed E-state index contributed by atoms with van der Waals surface area (Å²) in [6.07, 6.45) is -4.31. The monoisotopic (exact) mass is 464 g/mol. The number of rotatable bonds is 4. The molecule has 33 heavy (non-hydrogen) atoms. The summed E-state index contributed by atoms with van der Waals surface area (Å²) in [6.45, 7) is 0. The first kappa shape index (κ1) is 22.1. The fourth-order valence-electron chi connectivity index (χ4n) is 3.10. The van der Waals surface area contributed by atoms with Crippen LogP contribution in [0, 0.1) is 11.6 Å². The van der Waals surface area contributed by atoms with E-state index < -0.39 is 41.1 Å². The number of amides is 1. The number of hydrogen-bond donors (Lipinski definition) is 3. The highest BCUT2D eigenvalue weighted by molar-refractivity contribution is 5.95. The summed E-state index contributed by atoms with van der Waals surface area (Å²) >= 11 is 0. The Kier molecular flexibility index (Phi) is 5.41. The topological polar surface area (TPSA) is 119 Å². The molecule has 0 saturated heterocycles. The molecule has 0 spiro atoms. The maximum atomic E-state index is 14.8. The van der Waals surface area contributed by atoms with Crippen molar-refractivity contribution in [2.45, 2.75) is 12.3 Å². The zero-order chi connectivity index (χ0) is 23.9. The van der Waals surface area contributed by atoms with E-state index in [0.29, 0.717) is 12.1 Å². The molecule has 0 aliphatic carbocycles. The van der Waals surface area contributed by atoms with Crippen molar-refractivity contribution < 1.29 is 31.9 Å². The van der Waals surface area contributed by atoms with Gasteiger partial charge in [-0.05, 0) is 17.7 Å². The zero-order valence-electron chi connectivity index (χ0n) is 16.3. The van der Waals surface area contributed by atoms with Crippen molar-refractivity contribution in [3.05, 3.63) is 71.7 Å². The highest BCUT2D eigenvalue weighted by atomic mass is 19.4. The third kappa shape index (κ3) is 4.17. The number of aliphatic hydroxyl groups excluding tert-OH is 1. The van der Waals surface area contributed by atoms with Crippen molar-refractivity contribution in [2.24, 2.45) is 0 Å². The molecule has 0 unspecified atom stereocenters. The maximum Gasteiger partial charge on any atom is 0.416 e. The molecule has 0 aliphatic heterocycles. The molecule has 0 aliphatic rings. The molecule has 170 valence electrons. The van der Waals surface area contributed by atoms with Crippen molar-refractivity contribution in [3.63, 3.8) is 0 Å². The summed E-state index contributed by atoms with van der Waals surface area (Å²) in [6, 6.07) is 4.80. The summed E-state index contributed by atoms with van der Waals surface area (Å²) in [7, 11) is 0. The number of carbonyl (C=O) groups excluding carboxylic acids is 1. The van der Waals surface area contributed by atoms with Crippen LogP contribution < -0.4 is 11.1 Å². The van der Waals surface area contributed by atoms with Gasteiger partial charge in [0.1, 0.15) is 28.9 Å². The van der Waals surface area contributed by atoms with Gasteiger partial charge in [0.25, 0.3) is 5.91 Å². The molecule has 2 aromatic carbocycles. The van der Waals surface area contributed by atoms with E-state index in [1.54, 1.807) is 0 Å². The molecule has 2 aromatic heterocycles. The molecule has 8 nitrogen and oxygen atoms in total. The highest BCUT2D eigenvalue weighted by Crippen LogP contribution is 2.31. The van der Waals surface area contributed by atoms with Crippen LogP contribution in [-0.4, -0.2) is 30.8 Å². The number of nitrogens with two attached hydrogens (primary N) is 1. The predicted molar refractivity (Wildman–Crippen MR) is 106 cm³/mol. The first-order valence-electron chi connectivity index (χ1n) is 9.16. The van der Waals surface area contributed by atoms with Crippen molar-refractivity contribution in [3.8, 4) is 5.69 Å². The number of aromatic nitrogens is 4. The second-order valence-electron chi connectivity index (χ2n) is 6.85. The second kappa shape index (κ2) is 8.09. The van der Waals surface area contributed by atoms with Crippen LogP contribution in [0.2, 0.25) is 0 Å². The molecular weight excluding hydrogens is 451 g/mol. The van der Waals surface area contributed by atoms with E-state index >= 15 is 0 Å². The number of alkyl halides is 3. The van der Waals surface area contributed by atoms with Gasteiger partial charge in [0.15, 0.2) is 17.7 Å². The Morgan fingerprint density at radius 3 is 2.61 bits per heavy atom. The Labute approximate surface area is 181 Å². The predicted octanol–water partition coefficient (Wildman–Crippen LogP) is 3.37. The molecular formula is C20H13F5N6O2. The van der Waals surface area contributed by atoms with E-state index in [1.165, 1.54) is 12.5 Å². The number of aliphatic hydroxyl groups is 1. The molecule has 0 saturated carbocycles. The minimum atomic E-state index is -4.69. The first-order chi connectivity index (χ1) is 15.6. The third-order valence-corrected chi connectivity index (χ3v) is 4.69. The van der Waals surface area contributed by atoms with Crippen molar-refractivity contribution in [2.75, 3.05) is 11.1 Å². The van der Waals surface area contributed by atoms with Gasteiger partial charge in [-0.15, -0.1) is 0 Å². The number of fused-ring (bicyclic) bond motifs is 1. The minimum absolute atomic E-state index is 0.0288. The van der Waals surface area contributed by atoms with Crippen LogP contribution in [0.15, 0.2) is 48.9 Å². The lowest BCUT2D eigenvalue weighted by Gasteiger charge is -2.15. The van der Waals surface area contributed by atoms with E-state index in [9.17, 15) is 31.9 Å². The quantitative estimate of drug-likeness (QED) is 0.399. The lowest BCUT2D eigenvalue weighted by molar-refractivity contribution is -0.138. The molecule has 4 aromatic rings. The zero-order valence-corrected chi connectivity index (χ0v) is 16.3. The Balaban J connectivity index is 1.62. The number of benzene rings is 2. The van der Waals surface area contributed by atoms with Crippen molar-refractivity contribution in [1.29, 1.82) is 0 Å². The van der Waals surface area contributed by atoms with Crippen molar-refractivity contribution >= 4 is 28.4 Å². The van der Waals surface area contributed by atoms with E-state index in [0.717, 1.165) is 28.9 Å². The van der Waals surface area contributed by atoms with Gasteiger partial charge in [0.2, 0.25) is 0 Å². The Hall–Kier alpha value is -4.13. The van der Waals surface area contributed by atoms with Crippen LogP contribution in [0.3, 0.4) is 0 Å². The summed E-state index contributed by atoms with van der Waals surface area (Å²) in [5.41, 5.74) is 3.72. The van der Waals surface area contributed by atoms with Crippen LogP contribution in [0.5, 0.6) is 0 Å². The van der Waals surface area contributed by atoms with Crippen molar-refractivity contribution in [1.82, 2.24) is 19.7 Å². The SMILES string of the molecule is Nc1ncnc2cnn(-c3cc(F)c(NC(=O)[C@H](O)c4cccc(C(F)(F)F)c4)cc3F)c12. The fourth-order valence-corrected chi connectivity index (χ4v) is 3.10. The number of nitrogen functional groups attached to an aromatic ring is 1. The van der Waals surface area contributed by atoms with E-state index in [2.05, 4.69) is 15.1 Å². The number of hydrogen-bond acceptors (Lipinski definition) is 6. The van der Waals surface area contributed by atoms with Gasteiger partial charge in [-0.25, -0.2) is 23.4 Å². The lowest BCUT2D eigenvalue weighted by Crippen LogP contribution is -2.22. The first-order valence-corrected chi connectivity index (χ1v) is 9.16. The smallest absolute Gasteiger partial charge is 0.382 e. The van der Waals surface area contributed by atoms with Gasteiger partial charge in [0.05, 0.1) is 17.4 Å². The third-order valence-electron chi connectivity index (χ3n) is 4.69. The number of nitrogens with one attached hydrogen (secondary N) is 1. The number of nitrogens with zero attached hydrogens (tertiary/aromatic N) is 4. The summed E-state index contributed by atoms with van der Waals surface area (Å²) in [5.74, 6) is -3.41. The van der Waals surface area contributed by atoms with Crippen LogP contribution in [-0.2, 0) is 11.0 Å². The molecule has 1 atom stereocenters. The Morgan fingerprint density at radius 2 is 1.88 bits per heavy atom. The Morgan fingerprint density at radius 1 is 1.12 bits per heavy atom. The second-order valence-corrected chi connectivity index (χ2v) is 6.85. The highest BCUT2D eigenvalue weighted by Gasteiger charge is 2.31. The summed E-state index contributed by atoms with van der Waals surface area (Å²) < 4.78 is 69.0. The normalized spacial score (nSPS) is 12.7. The molecule has 0 fully saturated rings. The lowest BCUT2D eigenvalue weighted by atomic mass is 10.0. The van der Waals surface area contributed by atoms with Crippen LogP contribution in [0.25, 0.3) is 16.7 Å². The van der Waals surface area contributed by atoms with Gasteiger partial charge in [0, 0.05) is 12.1 Å². The van der Waals surface area contributed by atoms with Gasteiger partial charge in [-0.3, -0.25) is 4.79 Å². The fraction of sp³-hybridized carbons (Fsp3) is 0.100. The summed E-state index contributed by atoms with van der Waals surface area (Å²) in [4.78, 5) is 20.0. The number of halogens is 5.